The number of benzene rings is 2. The molecular formula is C15H11FN2. The Morgan fingerprint density at radius 3 is 2.50 bits per heavy atom. The summed E-state index contributed by atoms with van der Waals surface area (Å²) in [4.78, 5) is 4.35. The highest BCUT2D eigenvalue weighted by atomic mass is 19.1. The highest BCUT2D eigenvalue weighted by Gasteiger charge is 2.10. The minimum atomic E-state index is -0.355. The zero-order valence-corrected chi connectivity index (χ0v) is 9.60. The highest BCUT2D eigenvalue weighted by molar-refractivity contribution is 5.84. The van der Waals surface area contributed by atoms with E-state index in [9.17, 15) is 4.39 Å². The summed E-state index contributed by atoms with van der Waals surface area (Å²) in [7, 11) is 0. The van der Waals surface area contributed by atoms with Crippen molar-refractivity contribution in [3.63, 3.8) is 0 Å². The normalized spacial score (nSPS) is 10.7. The minimum absolute atomic E-state index is 0.298. The van der Waals surface area contributed by atoms with Crippen molar-refractivity contribution >= 4 is 16.6 Å². The predicted molar refractivity (Wildman–Crippen MR) is 71.5 cm³/mol. The van der Waals surface area contributed by atoms with Crippen molar-refractivity contribution in [1.82, 2.24) is 4.98 Å². The maximum absolute atomic E-state index is 14.1. The van der Waals surface area contributed by atoms with Gasteiger partial charge in [0.15, 0.2) is 0 Å². The van der Waals surface area contributed by atoms with E-state index in [4.69, 9.17) is 5.73 Å². The molecule has 0 aliphatic carbocycles. The van der Waals surface area contributed by atoms with Crippen molar-refractivity contribution in [2.24, 2.45) is 0 Å². The quantitative estimate of drug-likeness (QED) is 0.657. The summed E-state index contributed by atoms with van der Waals surface area (Å²) in [6.07, 6.45) is 0. The van der Waals surface area contributed by atoms with Gasteiger partial charge in [-0.1, -0.05) is 36.4 Å². The molecule has 0 amide bonds. The van der Waals surface area contributed by atoms with Gasteiger partial charge in [0.2, 0.25) is 0 Å². The van der Waals surface area contributed by atoms with Crippen molar-refractivity contribution in [1.29, 1.82) is 0 Å². The second kappa shape index (κ2) is 4.11. The number of pyridine rings is 1. The number of rotatable bonds is 1. The van der Waals surface area contributed by atoms with Crippen LogP contribution in [0.2, 0.25) is 0 Å². The molecule has 1 heterocycles. The molecule has 3 aromatic rings. The van der Waals surface area contributed by atoms with Gasteiger partial charge in [0.25, 0.3) is 0 Å². The first kappa shape index (κ1) is 10.7. The number of nitrogen functional groups attached to an aromatic ring is 1. The number of hydrogen-bond acceptors (Lipinski definition) is 2. The molecule has 1 aromatic heterocycles. The second-order valence-corrected chi connectivity index (χ2v) is 4.10. The van der Waals surface area contributed by atoms with Gasteiger partial charge in [-0.3, -0.25) is 0 Å². The molecule has 0 bridgehead atoms. The molecule has 0 aliphatic heterocycles. The average Bonchev–Trinajstić information content (AvgIpc) is 2.39. The lowest BCUT2D eigenvalue weighted by molar-refractivity contribution is 0.628. The van der Waals surface area contributed by atoms with E-state index in [0.717, 1.165) is 10.9 Å². The van der Waals surface area contributed by atoms with Crippen LogP contribution in [-0.2, 0) is 0 Å². The molecule has 0 saturated carbocycles. The molecule has 0 atom stereocenters. The molecule has 0 spiro atoms. The van der Waals surface area contributed by atoms with Gasteiger partial charge in [-0.05, 0) is 18.2 Å². The monoisotopic (exact) mass is 238 g/mol. The van der Waals surface area contributed by atoms with E-state index < -0.39 is 0 Å². The molecule has 0 saturated heterocycles. The molecule has 2 N–H and O–H groups in total. The Hall–Kier alpha value is -2.42. The van der Waals surface area contributed by atoms with Crippen molar-refractivity contribution in [3.8, 4) is 11.3 Å². The van der Waals surface area contributed by atoms with Gasteiger partial charge in [0, 0.05) is 16.6 Å². The van der Waals surface area contributed by atoms with Crippen LogP contribution >= 0.6 is 0 Å². The van der Waals surface area contributed by atoms with Crippen molar-refractivity contribution < 1.29 is 4.39 Å². The maximum atomic E-state index is 14.1. The lowest BCUT2D eigenvalue weighted by Gasteiger charge is -2.07. The van der Waals surface area contributed by atoms with Gasteiger partial charge in [0.1, 0.15) is 11.5 Å². The van der Waals surface area contributed by atoms with E-state index in [1.54, 1.807) is 12.1 Å². The zero-order chi connectivity index (χ0) is 12.5. The lowest BCUT2D eigenvalue weighted by Crippen LogP contribution is -1.95. The predicted octanol–water partition coefficient (Wildman–Crippen LogP) is 3.62. The van der Waals surface area contributed by atoms with Crippen LogP contribution in [0.15, 0.2) is 54.6 Å². The van der Waals surface area contributed by atoms with E-state index in [0.29, 0.717) is 16.9 Å². The van der Waals surface area contributed by atoms with Crippen LogP contribution in [0, 0.1) is 5.82 Å². The van der Waals surface area contributed by atoms with Gasteiger partial charge in [-0.15, -0.1) is 0 Å². The fourth-order valence-corrected chi connectivity index (χ4v) is 1.99. The number of nitrogens with two attached hydrogens (primary N) is 1. The summed E-state index contributed by atoms with van der Waals surface area (Å²) in [5.74, 6) is -0.355. The summed E-state index contributed by atoms with van der Waals surface area (Å²) in [6, 6.07) is 16.1. The van der Waals surface area contributed by atoms with Crippen LogP contribution in [0.3, 0.4) is 0 Å². The average molecular weight is 238 g/mol. The molecule has 0 radical (unpaired) electrons. The molecule has 0 aliphatic rings. The third kappa shape index (κ3) is 1.70. The van der Waals surface area contributed by atoms with Crippen molar-refractivity contribution in [2.75, 3.05) is 5.73 Å². The topological polar surface area (TPSA) is 38.9 Å². The molecule has 3 heteroatoms. The molecule has 2 aromatic carbocycles. The van der Waals surface area contributed by atoms with Crippen molar-refractivity contribution in [3.05, 3.63) is 60.4 Å². The SMILES string of the molecule is Nc1ccccc1-c1nc2ccccc2cc1F. The third-order valence-electron chi connectivity index (χ3n) is 2.89. The van der Waals surface area contributed by atoms with Gasteiger partial charge in [0.05, 0.1) is 5.52 Å². The van der Waals surface area contributed by atoms with Crippen LogP contribution in [0.1, 0.15) is 0 Å². The standard InChI is InChI=1S/C15H11FN2/c16-12-9-10-5-1-4-8-14(10)18-15(12)11-6-2-3-7-13(11)17/h1-9H,17H2. The lowest BCUT2D eigenvalue weighted by atomic mass is 10.1. The van der Waals surface area contributed by atoms with Gasteiger partial charge < -0.3 is 5.73 Å². The van der Waals surface area contributed by atoms with E-state index in [1.165, 1.54) is 6.07 Å². The number of nitrogens with zero attached hydrogens (tertiary/aromatic N) is 1. The van der Waals surface area contributed by atoms with Crippen LogP contribution in [0.4, 0.5) is 10.1 Å². The molecule has 88 valence electrons. The van der Waals surface area contributed by atoms with Crippen LogP contribution < -0.4 is 5.73 Å². The number of halogens is 1. The van der Waals surface area contributed by atoms with E-state index in [1.807, 2.05) is 36.4 Å². The fourth-order valence-electron chi connectivity index (χ4n) is 1.99. The number of aromatic nitrogens is 1. The maximum Gasteiger partial charge on any atom is 0.150 e. The fraction of sp³-hybridized carbons (Fsp3) is 0. The Kier molecular flexibility index (Phi) is 2.45. The summed E-state index contributed by atoms with van der Waals surface area (Å²) >= 11 is 0. The summed E-state index contributed by atoms with van der Waals surface area (Å²) < 4.78 is 14.1. The van der Waals surface area contributed by atoms with Gasteiger partial charge in [-0.25, -0.2) is 9.37 Å². The summed E-state index contributed by atoms with van der Waals surface area (Å²) in [5, 5.41) is 0.785. The first-order chi connectivity index (χ1) is 8.75. The molecule has 0 fully saturated rings. The number of para-hydroxylation sites is 2. The second-order valence-electron chi connectivity index (χ2n) is 4.10. The van der Waals surface area contributed by atoms with E-state index in [-0.39, 0.29) is 5.82 Å². The van der Waals surface area contributed by atoms with Gasteiger partial charge >= 0.3 is 0 Å². The van der Waals surface area contributed by atoms with Crippen LogP contribution in [0.5, 0.6) is 0 Å². The summed E-state index contributed by atoms with van der Waals surface area (Å²) in [5.41, 5.74) is 8.07. The minimum Gasteiger partial charge on any atom is -0.398 e. The smallest absolute Gasteiger partial charge is 0.150 e. The largest absolute Gasteiger partial charge is 0.398 e. The van der Waals surface area contributed by atoms with Crippen LogP contribution in [-0.4, -0.2) is 4.98 Å². The Morgan fingerprint density at radius 2 is 1.67 bits per heavy atom. The highest BCUT2D eigenvalue weighted by Crippen LogP contribution is 2.28. The summed E-state index contributed by atoms with van der Waals surface area (Å²) in [6.45, 7) is 0. The Bertz CT molecular complexity index is 723. The molecule has 2 nitrogen and oxygen atoms in total. The number of anilines is 1. The molecule has 3 rings (SSSR count). The van der Waals surface area contributed by atoms with E-state index in [2.05, 4.69) is 4.98 Å². The Morgan fingerprint density at radius 1 is 0.944 bits per heavy atom. The Balaban J connectivity index is 2.30. The first-order valence-corrected chi connectivity index (χ1v) is 5.66. The van der Waals surface area contributed by atoms with Crippen LogP contribution in [0.25, 0.3) is 22.2 Å². The third-order valence-corrected chi connectivity index (χ3v) is 2.89. The first-order valence-electron chi connectivity index (χ1n) is 5.66. The number of fused-ring (bicyclic) bond motifs is 1. The molecule has 18 heavy (non-hydrogen) atoms. The number of hydrogen-bond donors (Lipinski definition) is 1. The van der Waals surface area contributed by atoms with Crippen molar-refractivity contribution in [2.45, 2.75) is 0 Å². The molecule has 0 unspecified atom stereocenters. The molecular weight excluding hydrogens is 227 g/mol. The Labute approximate surface area is 104 Å². The zero-order valence-electron chi connectivity index (χ0n) is 9.60. The van der Waals surface area contributed by atoms with E-state index >= 15 is 0 Å². The van der Waals surface area contributed by atoms with Gasteiger partial charge in [-0.2, -0.15) is 0 Å².